The zero-order valence-corrected chi connectivity index (χ0v) is 23.6. The van der Waals surface area contributed by atoms with Gasteiger partial charge in [0, 0.05) is 40.1 Å². The van der Waals surface area contributed by atoms with Crippen molar-refractivity contribution in [1.29, 1.82) is 0 Å². The lowest BCUT2D eigenvalue weighted by atomic mass is 9.88. The van der Waals surface area contributed by atoms with E-state index in [2.05, 4.69) is 16.4 Å². The highest BCUT2D eigenvalue weighted by atomic mass is 35.5. The summed E-state index contributed by atoms with van der Waals surface area (Å²) in [6, 6.07) is 28.6. The summed E-state index contributed by atoms with van der Waals surface area (Å²) in [5, 5.41) is 4.52. The summed E-state index contributed by atoms with van der Waals surface area (Å²) in [5.74, 6) is -0.549. The van der Waals surface area contributed by atoms with Gasteiger partial charge < -0.3 is 10.3 Å². The van der Waals surface area contributed by atoms with Gasteiger partial charge in [-0.3, -0.25) is 14.5 Å². The van der Waals surface area contributed by atoms with Crippen molar-refractivity contribution in [3.8, 4) is 0 Å². The Morgan fingerprint density at radius 1 is 0.929 bits per heavy atom. The number of para-hydroxylation sites is 1. The Hall–Kier alpha value is -4.88. The van der Waals surface area contributed by atoms with Crippen LogP contribution in [0, 0.1) is 6.92 Å². The molecule has 2 aliphatic heterocycles. The second-order valence-corrected chi connectivity index (χ2v) is 11.2. The largest absolute Gasteiger partial charge is 0.356 e. The van der Waals surface area contributed by atoms with E-state index in [0.29, 0.717) is 22.7 Å². The Labute approximate surface area is 247 Å². The quantitative estimate of drug-likeness (QED) is 0.234. The normalized spacial score (nSPS) is 17.9. The molecular formula is C34H27ClN4O3. The number of imide groups is 1. The molecule has 8 heteroatoms. The first-order chi connectivity index (χ1) is 20.4. The van der Waals surface area contributed by atoms with Gasteiger partial charge in [0.05, 0.1) is 5.69 Å². The summed E-state index contributed by atoms with van der Waals surface area (Å²) in [7, 11) is 0. The minimum Gasteiger partial charge on any atom is -0.356 e. The van der Waals surface area contributed by atoms with Crippen LogP contribution in [0.5, 0.6) is 0 Å². The predicted molar refractivity (Wildman–Crippen MR) is 163 cm³/mol. The number of halogens is 1. The van der Waals surface area contributed by atoms with Gasteiger partial charge in [-0.25, -0.2) is 9.69 Å². The van der Waals surface area contributed by atoms with Crippen molar-refractivity contribution in [1.82, 2.24) is 15.2 Å². The van der Waals surface area contributed by atoms with Crippen molar-refractivity contribution in [2.75, 3.05) is 4.90 Å². The second-order valence-electron chi connectivity index (χ2n) is 10.8. The molecule has 208 valence electrons. The molecule has 1 saturated heterocycles. The number of carbonyl (C=O) groups is 3. The van der Waals surface area contributed by atoms with Crippen LogP contribution in [-0.2, 0) is 17.8 Å². The summed E-state index contributed by atoms with van der Waals surface area (Å²) in [5.41, 5.74) is 6.70. The van der Waals surface area contributed by atoms with Crippen LogP contribution in [-0.4, -0.2) is 33.8 Å². The number of H-pyrrole nitrogens is 1. The Morgan fingerprint density at radius 3 is 2.40 bits per heavy atom. The molecule has 5 aromatic rings. The van der Waals surface area contributed by atoms with E-state index in [4.69, 9.17) is 11.6 Å². The highest BCUT2D eigenvalue weighted by Gasteiger charge is 2.53. The smallest absolute Gasteiger partial charge is 0.332 e. The number of urea groups is 1. The molecular weight excluding hydrogens is 548 g/mol. The maximum Gasteiger partial charge on any atom is 0.332 e. The van der Waals surface area contributed by atoms with E-state index in [1.165, 1.54) is 4.90 Å². The number of aromatic amines is 1. The topological polar surface area (TPSA) is 85.5 Å². The Morgan fingerprint density at radius 2 is 1.64 bits per heavy atom. The van der Waals surface area contributed by atoms with Gasteiger partial charge in [0.2, 0.25) is 0 Å². The predicted octanol–water partition coefficient (Wildman–Crippen LogP) is 6.54. The van der Waals surface area contributed by atoms with Crippen LogP contribution in [0.15, 0.2) is 97.1 Å². The van der Waals surface area contributed by atoms with Crippen LogP contribution in [0.2, 0.25) is 5.02 Å². The number of rotatable bonds is 5. The molecule has 1 fully saturated rings. The third kappa shape index (κ3) is 4.25. The van der Waals surface area contributed by atoms with Crippen LogP contribution in [0.4, 0.5) is 10.5 Å². The molecule has 42 heavy (non-hydrogen) atoms. The Bertz CT molecular complexity index is 1860. The highest BCUT2D eigenvalue weighted by Crippen LogP contribution is 2.44. The average molecular weight is 575 g/mol. The van der Waals surface area contributed by atoms with Gasteiger partial charge in [-0.05, 0) is 60.0 Å². The number of nitrogens with one attached hydrogen (secondary N) is 2. The lowest BCUT2D eigenvalue weighted by Crippen LogP contribution is -2.44. The van der Waals surface area contributed by atoms with Crippen molar-refractivity contribution in [2.45, 2.75) is 32.0 Å². The highest BCUT2D eigenvalue weighted by molar-refractivity contribution is 6.31. The fourth-order valence-corrected chi connectivity index (χ4v) is 6.29. The summed E-state index contributed by atoms with van der Waals surface area (Å²) in [4.78, 5) is 47.3. The SMILES string of the molecule is Cc1ccc(C2c3[nH]c4ccccc4c3CC3C(=O)N(c4ccc(C(=O)NCc5ccccc5Cl)cc4)C(=O)N32)cc1. The zero-order valence-electron chi connectivity index (χ0n) is 22.8. The van der Waals surface area contributed by atoms with E-state index in [-0.39, 0.29) is 24.4 Å². The Kier molecular flexibility index (Phi) is 6.32. The molecule has 2 aliphatic rings. The summed E-state index contributed by atoms with van der Waals surface area (Å²) < 4.78 is 0. The zero-order chi connectivity index (χ0) is 29.0. The number of aromatic nitrogens is 1. The van der Waals surface area contributed by atoms with Crippen LogP contribution >= 0.6 is 11.6 Å². The number of nitrogens with zero attached hydrogens (tertiary/aromatic N) is 2. The van der Waals surface area contributed by atoms with E-state index in [0.717, 1.165) is 38.9 Å². The van der Waals surface area contributed by atoms with Gasteiger partial charge in [-0.2, -0.15) is 0 Å². The average Bonchev–Trinajstić information content (AvgIpc) is 3.50. The minimum atomic E-state index is -0.644. The molecule has 3 heterocycles. The van der Waals surface area contributed by atoms with E-state index >= 15 is 0 Å². The molecule has 0 saturated carbocycles. The molecule has 4 aromatic carbocycles. The third-order valence-corrected chi connectivity index (χ3v) is 8.60. The van der Waals surface area contributed by atoms with E-state index in [9.17, 15) is 14.4 Å². The number of benzene rings is 4. The number of carbonyl (C=O) groups excluding carboxylic acids is 3. The molecule has 1 aromatic heterocycles. The maximum absolute atomic E-state index is 14.1. The number of anilines is 1. The molecule has 2 unspecified atom stereocenters. The fourth-order valence-electron chi connectivity index (χ4n) is 6.09. The van der Waals surface area contributed by atoms with Crippen molar-refractivity contribution >= 4 is 46.0 Å². The molecule has 2 N–H and O–H groups in total. The first-order valence-electron chi connectivity index (χ1n) is 13.8. The molecule has 7 nitrogen and oxygen atoms in total. The van der Waals surface area contributed by atoms with Crippen molar-refractivity contribution in [2.24, 2.45) is 0 Å². The van der Waals surface area contributed by atoms with Gasteiger partial charge >= 0.3 is 6.03 Å². The third-order valence-electron chi connectivity index (χ3n) is 8.23. The number of amides is 4. The van der Waals surface area contributed by atoms with Crippen molar-refractivity contribution < 1.29 is 14.4 Å². The van der Waals surface area contributed by atoms with Crippen molar-refractivity contribution in [3.63, 3.8) is 0 Å². The molecule has 0 radical (unpaired) electrons. The van der Waals surface area contributed by atoms with Crippen LogP contribution in [0.3, 0.4) is 0 Å². The fraction of sp³-hybridized carbons (Fsp3) is 0.147. The lowest BCUT2D eigenvalue weighted by molar-refractivity contribution is -0.120. The summed E-state index contributed by atoms with van der Waals surface area (Å²) in [6.07, 6.45) is 0.422. The first-order valence-corrected chi connectivity index (χ1v) is 14.2. The molecule has 4 amide bonds. The van der Waals surface area contributed by atoms with Crippen molar-refractivity contribution in [3.05, 3.63) is 136 Å². The number of fused-ring (bicyclic) bond motifs is 4. The molecule has 0 bridgehead atoms. The van der Waals surface area contributed by atoms with E-state index in [1.54, 1.807) is 35.2 Å². The minimum absolute atomic E-state index is 0.274. The monoisotopic (exact) mass is 574 g/mol. The molecule has 0 spiro atoms. The number of aryl methyl sites for hydroxylation is 1. The summed E-state index contributed by atoms with van der Waals surface area (Å²) >= 11 is 6.21. The summed E-state index contributed by atoms with van der Waals surface area (Å²) in [6.45, 7) is 2.31. The number of hydrogen-bond donors (Lipinski definition) is 2. The van der Waals surface area contributed by atoms with Gasteiger partial charge in [0.15, 0.2) is 0 Å². The Balaban J connectivity index is 1.19. The lowest BCUT2D eigenvalue weighted by Gasteiger charge is -2.36. The van der Waals surface area contributed by atoms with E-state index < -0.39 is 12.1 Å². The standard InChI is InChI=1S/C34H27ClN4O3/c1-20-10-12-21(13-11-20)31-30-26(25-7-3-5-9-28(25)37-30)18-29-33(41)38(34(42)39(29)31)24-16-14-22(15-17-24)32(40)36-19-23-6-2-4-8-27(23)35/h2-17,29,31,37H,18-19H2,1H3,(H,36,40). The molecule has 2 atom stereocenters. The van der Waals surface area contributed by atoms with Gasteiger partial charge in [-0.15, -0.1) is 0 Å². The van der Waals surface area contributed by atoms with Crippen LogP contribution in [0.1, 0.15) is 44.3 Å². The van der Waals surface area contributed by atoms with Crippen LogP contribution < -0.4 is 10.2 Å². The number of hydrogen-bond acceptors (Lipinski definition) is 3. The molecule has 7 rings (SSSR count). The van der Waals surface area contributed by atoms with Crippen LogP contribution in [0.25, 0.3) is 10.9 Å². The first kappa shape index (κ1) is 26.0. The van der Waals surface area contributed by atoms with Gasteiger partial charge in [-0.1, -0.05) is 77.8 Å². The second kappa shape index (κ2) is 10.2. The maximum atomic E-state index is 14.1. The van der Waals surface area contributed by atoms with E-state index in [1.807, 2.05) is 67.6 Å². The van der Waals surface area contributed by atoms with Gasteiger partial charge in [0.25, 0.3) is 11.8 Å². The molecule has 0 aliphatic carbocycles. The van der Waals surface area contributed by atoms with Gasteiger partial charge in [0.1, 0.15) is 12.1 Å².